The Morgan fingerprint density at radius 3 is 2.72 bits per heavy atom. The molecule has 0 radical (unpaired) electrons. The normalized spacial score (nSPS) is 17.5. The Morgan fingerprint density at radius 1 is 1.19 bits per heavy atom. The van der Waals surface area contributed by atoms with Gasteiger partial charge >= 0.3 is 0 Å². The Morgan fingerprint density at radius 2 is 1.97 bits per heavy atom. The van der Waals surface area contributed by atoms with E-state index in [2.05, 4.69) is 22.6 Å². The molecule has 1 atom stereocenters. The largest absolute Gasteiger partial charge is 0.352 e. The van der Waals surface area contributed by atoms with Crippen LogP contribution in [0.3, 0.4) is 0 Å². The molecule has 1 aliphatic heterocycles. The number of nitrogens with one attached hydrogen (secondary N) is 1. The molecule has 0 unspecified atom stereocenters. The predicted octanol–water partition coefficient (Wildman–Crippen LogP) is 2.87. The lowest BCUT2D eigenvalue weighted by atomic mass is 9.98. The second kappa shape index (κ2) is 9.38. The minimum atomic E-state index is -3.72. The summed E-state index contributed by atoms with van der Waals surface area (Å²) in [4.78, 5) is 12.9. The Bertz CT molecular complexity index is 1200. The van der Waals surface area contributed by atoms with Crippen LogP contribution in [-0.2, 0) is 27.9 Å². The number of hydrogen-bond donors (Lipinski definition) is 1. The summed E-state index contributed by atoms with van der Waals surface area (Å²) >= 11 is 0. The second-order valence-corrected chi connectivity index (χ2v) is 10.3. The molecule has 170 valence electrons. The molecular weight excluding hydrogens is 426 g/mol. The Labute approximate surface area is 188 Å². The van der Waals surface area contributed by atoms with Crippen molar-refractivity contribution in [2.45, 2.75) is 51.1 Å². The van der Waals surface area contributed by atoms with Gasteiger partial charge in [-0.15, -0.1) is 5.10 Å². The molecule has 9 heteroatoms. The van der Waals surface area contributed by atoms with Gasteiger partial charge in [0.15, 0.2) is 0 Å². The molecule has 2 aromatic carbocycles. The van der Waals surface area contributed by atoms with Crippen molar-refractivity contribution in [1.82, 2.24) is 24.6 Å². The number of nitrogens with zero attached hydrogens (tertiary/aromatic N) is 4. The van der Waals surface area contributed by atoms with E-state index < -0.39 is 10.0 Å². The number of piperidine rings is 1. The highest BCUT2D eigenvalue weighted by atomic mass is 32.2. The average Bonchev–Trinajstić information content (AvgIpc) is 3.21. The minimum Gasteiger partial charge on any atom is -0.352 e. The highest BCUT2D eigenvalue weighted by Gasteiger charge is 2.33. The zero-order chi connectivity index (χ0) is 22.7. The van der Waals surface area contributed by atoms with Crippen LogP contribution in [0.15, 0.2) is 47.4 Å². The van der Waals surface area contributed by atoms with Gasteiger partial charge < -0.3 is 5.32 Å². The molecule has 1 aliphatic rings. The SMILES string of the molecule is CCCn1nnc2cc(S(=O)(=O)N3CCC[C@@H](C(=O)NCc4ccc(C)cc4)C3)ccc21. The molecular formula is C23H29N5O3S. The van der Waals surface area contributed by atoms with Crippen LogP contribution in [0.1, 0.15) is 37.3 Å². The van der Waals surface area contributed by atoms with E-state index in [1.165, 1.54) is 9.87 Å². The third-order valence-electron chi connectivity index (χ3n) is 5.90. The number of aryl methyl sites for hydroxylation is 2. The van der Waals surface area contributed by atoms with Crippen LogP contribution < -0.4 is 5.32 Å². The summed E-state index contributed by atoms with van der Waals surface area (Å²) in [7, 11) is -3.72. The fourth-order valence-corrected chi connectivity index (χ4v) is 5.60. The molecule has 32 heavy (non-hydrogen) atoms. The molecule has 2 heterocycles. The summed E-state index contributed by atoms with van der Waals surface area (Å²) in [6.07, 6.45) is 2.24. The molecule has 1 saturated heterocycles. The highest BCUT2D eigenvalue weighted by Crippen LogP contribution is 2.26. The van der Waals surface area contributed by atoms with E-state index >= 15 is 0 Å². The predicted molar refractivity (Wildman–Crippen MR) is 122 cm³/mol. The van der Waals surface area contributed by atoms with Crippen LogP contribution in [0, 0.1) is 12.8 Å². The zero-order valence-corrected chi connectivity index (χ0v) is 19.3. The first-order valence-corrected chi connectivity index (χ1v) is 12.5. The van der Waals surface area contributed by atoms with E-state index in [1.54, 1.807) is 22.9 Å². The Hall–Kier alpha value is -2.78. The molecule has 1 amide bonds. The van der Waals surface area contributed by atoms with E-state index in [4.69, 9.17) is 0 Å². The molecule has 0 saturated carbocycles. The molecule has 1 N–H and O–H groups in total. The monoisotopic (exact) mass is 455 g/mol. The van der Waals surface area contributed by atoms with Crippen LogP contribution in [0.4, 0.5) is 0 Å². The molecule has 0 spiro atoms. The quantitative estimate of drug-likeness (QED) is 0.591. The third kappa shape index (κ3) is 4.68. The van der Waals surface area contributed by atoms with Crippen LogP contribution in [0.25, 0.3) is 11.0 Å². The summed E-state index contributed by atoms with van der Waals surface area (Å²) in [5.74, 6) is -0.471. The van der Waals surface area contributed by atoms with Crippen LogP contribution in [-0.4, -0.2) is 46.7 Å². The summed E-state index contributed by atoms with van der Waals surface area (Å²) in [6.45, 7) is 5.83. The molecule has 4 rings (SSSR count). The standard InChI is InChI=1S/C23H29N5O3S/c1-3-12-28-22-11-10-20(14-21(22)25-26-28)32(30,31)27-13-4-5-19(16-27)23(29)24-15-18-8-6-17(2)7-9-18/h6-11,14,19H,3-5,12-13,15-16H2,1-2H3,(H,24,29)/t19-/m1/s1. The number of carbonyl (C=O) groups is 1. The summed E-state index contributed by atoms with van der Waals surface area (Å²) < 4.78 is 29.8. The molecule has 8 nitrogen and oxygen atoms in total. The van der Waals surface area contributed by atoms with Crippen LogP contribution in [0.2, 0.25) is 0 Å². The maximum atomic E-state index is 13.3. The van der Waals surface area contributed by atoms with Crippen molar-refractivity contribution in [2.24, 2.45) is 5.92 Å². The van der Waals surface area contributed by atoms with Gasteiger partial charge in [-0.05, 0) is 49.9 Å². The fourth-order valence-electron chi connectivity index (χ4n) is 4.05. The Balaban J connectivity index is 1.45. The maximum absolute atomic E-state index is 13.3. The topological polar surface area (TPSA) is 97.2 Å². The minimum absolute atomic E-state index is 0.108. The Kier molecular flexibility index (Phi) is 6.57. The van der Waals surface area contributed by atoms with Crippen molar-refractivity contribution in [1.29, 1.82) is 0 Å². The second-order valence-electron chi connectivity index (χ2n) is 8.37. The van der Waals surface area contributed by atoms with Crippen LogP contribution >= 0.6 is 0 Å². The van der Waals surface area contributed by atoms with E-state index in [0.29, 0.717) is 31.4 Å². The van der Waals surface area contributed by atoms with Crippen molar-refractivity contribution in [2.75, 3.05) is 13.1 Å². The van der Waals surface area contributed by atoms with Gasteiger partial charge in [0.2, 0.25) is 15.9 Å². The van der Waals surface area contributed by atoms with Gasteiger partial charge in [0, 0.05) is 26.2 Å². The number of sulfonamides is 1. The van der Waals surface area contributed by atoms with Gasteiger partial charge in [-0.2, -0.15) is 4.31 Å². The average molecular weight is 456 g/mol. The smallest absolute Gasteiger partial charge is 0.243 e. The van der Waals surface area contributed by atoms with Gasteiger partial charge in [-0.1, -0.05) is 42.0 Å². The number of hydrogen-bond acceptors (Lipinski definition) is 5. The van der Waals surface area contributed by atoms with Crippen molar-refractivity contribution >= 4 is 27.0 Å². The maximum Gasteiger partial charge on any atom is 0.243 e. The van der Waals surface area contributed by atoms with E-state index in [-0.39, 0.29) is 23.3 Å². The highest BCUT2D eigenvalue weighted by molar-refractivity contribution is 7.89. The first-order valence-electron chi connectivity index (χ1n) is 11.0. The number of amides is 1. The molecule has 3 aromatic rings. The lowest BCUT2D eigenvalue weighted by molar-refractivity contribution is -0.126. The number of fused-ring (bicyclic) bond motifs is 1. The first-order chi connectivity index (χ1) is 15.4. The lowest BCUT2D eigenvalue weighted by Gasteiger charge is -2.31. The van der Waals surface area contributed by atoms with Gasteiger partial charge in [-0.25, -0.2) is 13.1 Å². The molecule has 1 fully saturated rings. The summed E-state index contributed by atoms with van der Waals surface area (Å²) in [6, 6.07) is 12.9. The van der Waals surface area contributed by atoms with Gasteiger partial charge in [0.05, 0.1) is 16.3 Å². The van der Waals surface area contributed by atoms with Gasteiger partial charge in [0.1, 0.15) is 5.52 Å². The lowest BCUT2D eigenvalue weighted by Crippen LogP contribution is -2.45. The number of aromatic nitrogens is 3. The number of carbonyl (C=O) groups excluding carboxylic acids is 1. The van der Waals surface area contributed by atoms with Crippen molar-refractivity contribution in [3.63, 3.8) is 0 Å². The molecule has 0 bridgehead atoms. The van der Waals surface area contributed by atoms with Gasteiger partial charge in [0.25, 0.3) is 0 Å². The van der Waals surface area contributed by atoms with E-state index in [9.17, 15) is 13.2 Å². The summed E-state index contributed by atoms with van der Waals surface area (Å²) in [5.41, 5.74) is 3.56. The summed E-state index contributed by atoms with van der Waals surface area (Å²) in [5, 5.41) is 11.2. The number of benzene rings is 2. The van der Waals surface area contributed by atoms with Gasteiger partial charge in [-0.3, -0.25) is 4.79 Å². The fraction of sp³-hybridized carbons (Fsp3) is 0.435. The molecule has 1 aromatic heterocycles. The van der Waals surface area contributed by atoms with Crippen molar-refractivity contribution in [3.05, 3.63) is 53.6 Å². The molecule has 0 aliphatic carbocycles. The first kappa shape index (κ1) is 22.4. The number of rotatable bonds is 7. The zero-order valence-electron chi connectivity index (χ0n) is 18.5. The van der Waals surface area contributed by atoms with Crippen molar-refractivity contribution < 1.29 is 13.2 Å². The van der Waals surface area contributed by atoms with Crippen LogP contribution in [0.5, 0.6) is 0 Å². The van der Waals surface area contributed by atoms with E-state index in [1.807, 2.05) is 31.2 Å². The van der Waals surface area contributed by atoms with E-state index in [0.717, 1.165) is 24.0 Å². The third-order valence-corrected chi connectivity index (χ3v) is 7.76. The van der Waals surface area contributed by atoms with Crippen molar-refractivity contribution in [3.8, 4) is 0 Å².